The van der Waals surface area contributed by atoms with E-state index in [4.69, 9.17) is 4.42 Å². The van der Waals surface area contributed by atoms with Crippen molar-refractivity contribution in [3.63, 3.8) is 0 Å². The molecule has 0 atom stereocenters. The van der Waals surface area contributed by atoms with Crippen molar-refractivity contribution in [1.29, 1.82) is 0 Å². The summed E-state index contributed by atoms with van der Waals surface area (Å²) in [4.78, 5) is 0. The van der Waals surface area contributed by atoms with Crippen LogP contribution in [0.1, 0.15) is 0 Å². The summed E-state index contributed by atoms with van der Waals surface area (Å²) in [6, 6.07) is 67.9. The molecular formula is C50H31NO. The Hall–Kier alpha value is -6.90. The summed E-state index contributed by atoms with van der Waals surface area (Å²) in [7, 11) is 0. The molecule has 11 aromatic rings. The maximum absolute atomic E-state index is 6.91. The number of nitrogens with zero attached hydrogens (tertiary/aromatic N) is 1. The molecule has 0 aliphatic heterocycles. The van der Waals surface area contributed by atoms with Gasteiger partial charge in [0.2, 0.25) is 0 Å². The largest absolute Gasteiger partial charge is 0.455 e. The Morgan fingerprint density at radius 2 is 1.02 bits per heavy atom. The molecule has 52 heavy (non-hydrogen) atoms. The summed E-state index contributed by atoms with van der Waals surface area (Å²) >= 11 is 0. The third-order valence-electron chi connectivity index (χ3n) is 10.8. The van der Waals surface area contributed by atoms with E-state index in [1.807, 2.05) is 0 Å². The SMILES string of the molecule is c1ccc(-c2cccc3c2c2ccc(-c4c5ccccc5c(-c5ccc6ccccc6c5)c5oc6ccccc6c45)cc2n3-c2ccccc2)cc1. The van der Waals surface area contributed by atoms with Crippen molar-refractivity contribution in [2.45, 2.75) is 0 Å². The molecule has 242 valence electrons. The molecule has 0 fully saturated rings. The van der Waals surface area contributed by atoms with Crippen LogP contribution in [0, 0.1) is 0 Å². The van der Waals surface area contributed by atoms with Crippen LogP contribution in [-0.4, -0.2) is 4.57 Å². The van der Waals surface area contributed by atoms with Crippen molar-refractivity contribution in [1.82, 2.24) is 4.57 Å². The van der Waals surface area contributed by atoms with Crippen LogP contribution in [0.4, 0.5) is 0 Å². The topological polar surface area (TPSA) is 18.1 Å². The number of furan rings is 1. The molecule has 2 heteroatoms. The van der Waals surface area contributed by atoms with E-state index in [-0.39, 0.29) is 0 Å². The number of rotatable bonds is 4. The summed E-state index contributed by atoms with van der Waals surface area (Å²) in [6.07, 6.45) is 0. The lowest BCUT2D eigenvalue weighted by Crippen LogP contribution is -1.94. The van der Waals surface area contributed by atoms with Crippen molar-refractivity contribution in [2.24, 2.45) is 0 Å². The average molecular weight is 662 g/mol. The van der Waals surface area contributed by atoms with E-state index in [0.717, 1.165) is 44.3 Å². The second-order valence-electron chi connectivity index (χ2n) is 13.6. The standard InChI is InChI=1S/C50H31NO/c1-3-15-33(16-4-1)38-23-13-24-43-48(38)41-29-28-36(31-44(41)51(43)37-18-5-2-6-19-37)46-39-20-9-10-21-40(39)47(35-27-26-32-14-7-8-17-34(32)30-35)50-49(46)42-22-11-12-25-45(42)52-50/h1-31H. The molecule has 0 saturated carbocycles. The molecule has 9 aromatic carbocycles. The van der Waals surface area contributed by atoms with Crippen LogP contribution >= 0.6 is 0 Å². The molecule has 2 aromatic heterocycles. The minimum Gasteiger partial charge on any atom is -0.455 e. The smallest absolute Gasteiger partial charge is 0.144 e. The number of hydrogen-bond acceptors (Lipinski definition) is 1. The summed E-state index contributed by atoms with van der Waals surface area (Å²) < 4.78 is 9.34. The number of hydrogen-bond donors (Lipinski definition) is 0. The lowest BCUT2D eigenvalue weighted by atomic mass is 9.87. The number of fused-ring (bicyclic) bond motifs is 8. The highest BCUT2D eigenvalue weighted by Crippen LogP contribution is 2.49. The van der Waals surface area contributed by atoms with Crippen LogP contribution < -0.4 is 0 Å². The first-order chi connectivity index (χ1) is 25.8. The number of benzene rings is 9. The van der Waals surface area contributed by atoms with Crippen LogP contribution in [0.2, 0.25) is 0 Å². The predicted molar refractivity (Wildman–Crippen MR) is 219 cm³/mol. The fraction of sp³-hybridized carbons (Fsp3) is 0. The molecule has 0 aliphatic rings. The Balaban J connectivity index is 1.27. The van der Waals surface area contributed by atoms with Crippen LogP contribution in [0.5, 0.6) is 0 Å². The zero-order valence-electron chi connectivity index (χ0n) is 28.3. The molecule has 0 aliphatic carbocycles. The second kappa shape index (κ2) is 11.3. The van der Waals surface area contributed by atoms with Gasteiger partial charge < -0.3 is 8.98 Å². The molecule has 0 amide bonds. The first kappa shape index (κ1) is 28.9. The molecule has 0 spiro atoms. The molecule has 2 nitrogen and oxygen atoms in total. The fourth-order valence-electron chi connectivity index (χ4n) is 8.51. The van der Waals surface area contributed by atoms with Crippen LogP contribution in [0.25, 0.3) is 104 Å². The van der Waals surface area contributed by atoms with Gasteiger partial charge in [0.25, 0.3) is 0 Å². The van der Waals surface area contributed by atoms with Gasteiger partial charge >= 0.3 is 0 Å². The summed E-state index contributed by atoms with van der Waals surface area (Å²) in [5, 5.41) is 9.57. The van der Waals surface area contributed by atoms with Gasteiger partial charge in [-0.15, -0.1) is 0 Å². The van der Waals surface area contributed by atoms with E-state index in [1.54, 1.807) is 0 Å². The maximum atomic E-state index is 6.91. The Labute approximate surface area is 300 Å². The van der Waals surface area contributed by atoms with E-state index in [9.17, 15) is 0 Å². The molecule has 0 bridgehead atoms. The fourth-order valence-corrected chi connectivity index (χ4v) is 8.51. The predicted octanol–water partition coefficient (Wildman–Crippen LogP) is 14.0. The van der Waals surface area contributed by atoms with Gasteiger partial charge in [0, 0.05) is 38.4 Å². The normalized spacial score (nSPS) is 11.8. The van der Waals surface area contributed by atoms with Gasteiger partial charge in [0.15, 0.2) is 0 Å². The van der Waals surface area contributed by atoms with Crippen molar-refractivity contribution in [3.05, 3.63) is 188 Å². The van der Waals surface area contributed by atoms with Gasteiger partial charge in [-0.3, -0.25) is 0 Å². The second-order valence-corrected chi connectivity index (χ2v) is 13.6. The highest BCUT2D eigenvalue weighted by molar-refractivity contribution is 6.27. The molecular weight excluding hydrogens is 631 g/mol. The van der Waals surface area contributed by atoms with Crippen LogP contribution in [-0.2, 0) is 0 Å². The number of aromatic nitrogens is 1. The van der Waals surface area contributed by atoms with Gasteiger partial charge in [-0.2, -0.15) is 0 Å². The molecule has 0 N–H and O–H groups in total. The monoisotopic (exact) mass is 661 g/mol. The number of para-hydroxylation sites is 2. The first-order valence-electron chi connectivity index (χ1n) is 17.9. The zero-order valence-corrected chi connectivity index (χ0v) is 28.3. The van der Waals surface area contributed by atoms with Crippen molar-refractivity contribution < 1.29 is 4.42 Å². The molecule has 0 unspecified atom stereocenters. The quantitative estimate of drug-likeness (QED) is 0.184. The van der Waals surface area contributed by atoms with E-state index in [2.05, 4.69) is 193 Å². The highest BCUT2D eigenvalue weighted by atomic mass is 16.3. The van der Waals surface area contributed by atoms with E-state index >= 15 is 0 Å². The van der Waals surface area contributed by atoms with Crippen LogP contribution in [0.3, 0.4) is 0 Å². The average Bonchev–Trinajstić information content (AvgIpc) is 3.76. The lowest BCUT2D eigenvalue weighted by molar-refractivity contribution is 0.670. The van der Waals surface area contributed by atoms with Crippen LogP contribution in [0.15, 0.2) is 192 Å². The molecule has 0 radical (unpaired) electrons. The summed E-state index contributed by atoms with van der Waals surface area (Å²) in [5.41, 5.74) is 12.4. The Bertz CT molecular complexity index is 3170. The third kappa shape index (κ3) is 4.25. The van der Waals surface area contributed by atoms with Gasteiger partial charge in [-0.05, 0) is 80.2 Å². The molecule has 11 rings (SSSR count). The highest BCUT2D eigenvalue weighted by Gasteiger charge is 2.24. The molecule has 2 heterocycles. The Kier molecular flexibility index (Phi) is 6.28. The zero-order chi connectivity index (χ0) is 34.2. The minimum atomic E-state index is 0.892. The van der Waals surface area contributed by atoms with Crippen molar-refractivity contribution in [2.75, 3.05) is 0 Å². The van der Waals surface area contributed by atoms with Crippen molar-refractivity contribution >= 4 is 65.3 Å². The molecule has 0 saturated heterocycles. The van der Waals surface area contributed by atoms with E-state index in [0.29, 0.717) is 0 Å². The minimum absolute atomic E-state index is 0.892. The van der Waals surface area contributed by atoms with Gasteiger partial charge in [0.05, 0.1) is 11.0 Å². The van der Waals surface area contributed by atoms with Crippen molar-refractivity contribution in [3.8, 4) is 39.1 Å². The lowest BCUT2D eigenvalue weighted by Gasteiger charge is -2.16. The van der Waals surface area contributed by atoms with E-state index < -0.39 is 0 Å². The first-order valence-corrected chi connectivity index (χ1v) is 17.9. The summed E-state index contributed by atoms with van der Waals surface area (Å²) in [5.74, 6) is 0. The van der Waals surface area contributed by atoms with Gasteiger partial charge in [-0.25, -0.2) is 0 Å². The maximum Gasteiger partial charge on any atom is 0.144 e. The Morgan fingerprint density at radius 1 is 0.365 bits per heavy atom. The van der Waals surface area contributed by atoms with Gasteiger partial charge in [0.1, 0.15) is 11.2 Å². The van der Waals surface area contributed by atoms with E-state index in [1.165, 1.54) is 60.0 Å². The third-order valence-corrected chi connectivity index (χ3v) is 10.8. The van der Waals surface area contributed by atoms with Gasteiger partial charge in [-0.1, -0.05) is 152 Å². The summed E-state index contributed by atoms with van der Waals surface area (Å²) in [6.45, 7) is 0. The Morgan fingerprint density at radius 3 is 1.85 bits per heavy atom.